The molecule has 0 amide bonds. The van der Waals surface area contributed by atoms with E-state index in [-0.39, 0.29) is 5.97 Å². The molecule has 0 spiro atoms. The fourth-order valence-corrected chi connectivity index (χ4v) is 2.28. The first-order valence-electron chi connectivity index (χ1n) is 7.05. The molecule has 1 N–H and O–H groups in total. The lowest BCUT2D eigenvalue weighted by atomic mass is 10.1. The lowest BCUT2D eigenvalue weighted by Crippen LogP contribution is -2.13. The van der Waals surface area contributed by atoms with Gasteiger partial charge in [0.05, 0.1) is 19.2 Å². The Morgan fingerprint density at radius 2 is 2.10 bits per heavy atom. The molecule has 5 heteroatoms. The van der Waals surface area contributed by atoms with Crippen molar-refractivity contribution in [2.75, 3.05) is 27.8 Å². The van der Waals surface area contributed by atoms with Gasteiger partial charge in [0.15, 0.2) is 0 Å². The molecule has 5 nitrogen and oxygen atoms in total. The zero-order valence-corrected chi connectivity index (χ0v) is 12.8. The number of aromatic amines is 1. The Kier molecular flexibility index (Phi) is 5.22. The molecule has 0 aliphatic rings. The van der Waals surface area contributed by atoms with Crippen LogP contribution in [-0.4, -0.2) is 43.7 Å². The van der Waals surface area contributed by atoms with Crippen molar-refractivity contribution in [3.63, 3.8) is 0 Å². The number of rotatable bonds is 7. The minimum absolute atomic E-state index is 0.202. The Morgan fingerprint density at radius 1 is 1.29 bits per heavy atom. The molecule has 2 rings (SSSR count). The van der Waals surface area contributed by atoms with E-state index in [9.17, 15) is 4.79 Å². The summed E-state index contributed by atoms with van der Waals surface area (Å²) in [6, 6.07) is 6.09. The van der Waals surface area contributed by atoms with Crippen LogP contribution in [0.5, 0.6) is 5.75 Å². The van der Waals surface area contributed by atoms with E-state index in [0.29, 0.717) is 19.4 Å². The van der Waals surface area contributed by atoms with Crippen molar-refractivity contribution in [3.05, 3.63) is 30.0 Å². The van der Waals surface area contributed by atoms with Crippen LogP contribution in [0.2, 0.25) is 0 Å². The van der Waals surface area contributed by atoms with E-state index < -0.39 is 0 Å². The molecule has 0 aliphatic carbocycles. The number of esters is 1. The lowest BCUT2D eigenvalue weighted by Gasteiger charge is -2.16. The van der Waals surface area contributed by atoms with Crippen molar-refractivity contribution in [2.45, 2.75) is 19.4 Å². The smallest absolute Gasteiger partial charge is 0.305 e. The summed E-state index contributed by atoms with van der Waals surface area (Å²) in [7, 11) is 5.46. The van der Waals surface area contributed by atoms with Crippen molar-refractivity contribution >= 4 is 16.9 Å². The summed E-state index contributed by atoms with van der Waals surface area (Å²) in [5, 5.41) is 1.17. The number of nitrogens with one attached hydrogen (secondary N) is 1. The third kappa shape index (κ3) is 3.98. The number of methoxy groups -OCH3 is 1. The van der Waals surface area contributed by atoms with Crippen LogP contribution in [-0.2, 0) is 16.1 Å². The largest absolute Gasteiger partial charge is 0.493 e. The summed E-state index contributed by atoms with van der Waals surface area (Å²) in [6.07, 6.45) is 2.96. The SMILES string of the molecule is COC(=O)CCCOc1ccc2cc[nH]c2c1CN(C)C. The highest BCUT2D eigenvalue weighted by atomic mass is 16.5. The van der Waals surface area contributed by atoms with E-state index in [4.69, 9.17) is 4.74 Å². The number of carbonyl (C=O) groups excluding carboxylic acids is 1. The third-order valence-electron chi connectivity index (χ3n) is 3.28. The van der Waals surface area contributed by atoms with Gasteiger partial charge in [0, 0.05) is 24.7 Å². The first-order chi connectivity index (χ1) is 10.1. The number of H-pyrrole nitrogens is 1. The fourth-order valence-electron chi connectivity index (χ4n) is 2.28. The van der Waals surface area contributed by atoms with Gasteiger partial charge in [-0.3, -0.25) is 4.79 Å². The second-order valence-electron chi connectivity index (χ2n) is 5.25. The van der Waals surface area contributed by atoms with Gasteiger partial charge in [-0.15, -0.1) is 0 Å². The minimum Gasteiger partial charge on any atom is -0.493 e. The van der Waals surface area contributed by atoms with Crippen LogP contribution in [0.1, 0.15) is 18.4 Å². The molecule has 0 saturated heterocycles. The van der Waals surface area contributed by atoms with Crippen molar-refractivity contribution in [3.8, 4) is 5.75 Å². The molecular formula is C16H22N2O3. The van der Waals surface area contributed by atoms with Gasteiger partial charge in [0.2, 0.25) is 0 Å². The van der Waals surface area contributed by atoms with E-state index in [1.54, 1.807) is 0 Å². The summed E-state index contributed by atoms with van der Waals surface area (Å²) < 4.78 is 10.5. The predicted octanol–water partition coefficient (Wildman–Crippen LogP) is 2.56. The average molecular weight is 290 g/mol. The van der Waals surface area contributed by atoms with Gasteiger partial charge in [-0.2, -0.15) is 0 Å². The number of hydrogen-bond acceptors (Lipinski definition) is 4. The topological polar surface area (TPSA) is 54.6 Å². The van der Waals surface area contributed by atoms with Gasteiger partial charge in [-0.1, -0.05) is 0 Å². The van der Waals surface area contributed by atoms with E-state index in [0.717, 1.165) is 23.4 Å². The number of benzene rings is 1. The van der Waals surface area contributed by atoms with Gasteiger partial charge in [-0.25, -0.2) is 0 Å². The second kappa shape index (κ2) is 7.13. The Hall–Kier alpha value is -2.01. The summed E-state index contributed by atoms with van der Waals surface area (Å²) >= 11 is 0. The van der Waals surface area contributed by atoms with Gasteiger partial charge in [-0.05, 0) is 44.1 Å². The molecular weight excluding hydrogens is 268 g/mol. The first-order valence-corrected chi connectivity index (χ1v) is 7.05. The molecule has 0 aliphatic heterocycles. The number of aromatic nitrogens is 1. The van der Waals surface area contributed by atoms with E-state index >= 15 is 0 Å². The maximum absolute atomic E-state index is 11.1. The standard InChI is InChI=1S/C16H22N2O3/c1-18(2)11-13-14(21-10-4-5-15(19)20-3)7-6-12-8-9-17-16(12)13/h6-9,17H,4-5,10-11H2,1-3H3. The first kappa shape index (κ1) is 15.4. The van der Waals surface area contributed by atoms with Gasteiger partial charge in [0.25, 0.3) is 0 Å². The van der Waals surface area contributed by atoms with Crippen molar-refractivity contribution < 1.29 is 14.3 Å². The molecule has 1 aromatic carbocycles. The number of nitrogens with zero attached hydrogens (tertiary/aromatic N) is 1. The van der Waals surface area contributed by atoms with Crippen LogP contribution in [0.4, 0.5) is 0 Å². The Labute approximate surface area is 124 Å². The van der Waals surface area contributed by atoms with Crippen LogP contribution < -0.4 is 4.74 Å². The van der Waals surface area contributed by atoms with Crippen LogP contribution in [0.25, 0.3) is 10.9 Å². The van der Waals surface area contributed by atoms with Crippen molar-refractivity contribution in [1.82, 2.24) is 9.88 Å². The monoisotopic (exact) mass is 290 g/mol. The molecule has 1 aromatic heterocycles. The Balaban J connectivity index is 2.09. The second-order valence-corrected chi connectivity index (χ2v) is 5.25. The van der Waals surface area contributed by atoms with Gasteiger partial charge >= 0.3 is 5.97 Å². The predicted molar refractivity (Wildman–Crippen MR) is 82.4 cm³/mol. The summed E-state index contributed by atoms with van der Waals surface area (Å²) in [6.45, 7) is 1.30. The van der Waals surface area contributed by atoms with Crippen LogP contribution >= 0.6 is 0 Å². The number of fused-ring (bicyclic) bond motifs is 1. The fraction of sp³-hybridized carbons (Fsp3) is 0.438. The van der Waals surface area contributed by atoms with Crippen molar-refractivity contribution in [2.24, 2.45) is 0 Å². The molecule has 2 aromatic rings. The molecule has 0 bridgehead atoms. The summed E-state index contributed by atoms with van der Waals surface area (Å²) in [5.41, 5.74) is 2.25. The highest BCUT2D eigenvalue weighted by molar-refractivity contribution is 5.84. The molecule has 0 atom stereocenters. The molecule has 0 radical (unpaired) electrons. The third-order valence-corrected chi connectivity index (χ3v) is 3.28. The normalized spacial score (nSPS) is 11.0. The quantitative estimate of drug-likeness (QED) is 0.629. The van der Waals surface area contributed by atoms with E-state index in [2.05, 4.69) is 20.7 Å². The van der Waals surface area contributed by atoms with Gasteiger partial charge < -0.3 is 19.4 Å². The maximum Gasteiger partial charge on any atom is 0.305 e. The molecule has 21 heavy (non-hydrogen) atoms. The van der Waals surface area contributed by atoms with Crippen molar-refractivity contribution in [1.29, 1.82) is 0 Å². The zero-order valence-electron chi connectivity index (χ0n) is 12.8. The highest BCUT2D eigenvalue weighted by Gasteiger charge is 2.11. The van der Waals surface area contributed by atoms with E-state index in [1.807, 2.05) is 32.4 Å². The summed E-state index contributed by atoms with van der Waals surface area (Å²) in [5.74, 6) is 0.662. The van der Waals surface area contributed by atoms with Gasteiger partial charge in [0.1, 0.15) is 5.75 Å². The van der Waals surface area contributed by atoms with E-state index in [1.165, 1.54) is 12.5 Å². The number of hydrogen-bond donors (Lipinski definition) is 1. The molecule has 0 unspecified atom stereocenters. The highest BCUT2D eigenvalue weighted by Crippen LogP contribution is 2.28. The molecule has 114 valence electrons. The molecule has 0 saturated carbocycles. The zero-order chi connectivity index (χ0) is 15.2. The van der Waals surface area contributed by atoms with Crippen LogP contribution in [0, 0.1) is 0 Å². The number of carbonyl (C=O) groups is 1. The minimum atomic E-state index is -0.202. The Morgan fingerprint density at radius 3 is 2.81 bits per heavy atom. The van der Waals surface area contributed by atoms with Crippen LogP contribution in [0.3, 0.4) is 0 Å². The maximum atomic E-state index is 11.1. The average Bonchev–Trinajstić information content (AvgIpc) is 2.93. The lowest BCUT2D eigenvalue weighted by molar-refractivity contribution is -0.140. The number of ether oxygens (including phenoxy) is 2. The van der Waals surface area contributed by atoms with Crippen LogP contribution in [0.15, 0.2) is 24.4 Å². The molecule has 1 heterocycles. The Bertz CT molecular complexity index is 605. The molecule has 0 fully saturated rings. The summed E-state index contributed by atoms with van der Waals surface area (Å²) in [4.78, 5) is 16.5.